The molecule has 1 aromatic carbocycles. The molecule has 20 heavy (non-hydrogen) atoms. The topological polar surface area (TPSA) is 53.6 Å². The van der Waals surface area contributed by atoms with Crippen molar-refractivity contribution in [3.05, 3.63) is 24.3 Å². The van der Waals surface area contributed by atoms with Crippen LogP contribution in [0, 0.1) is 0 Å². The summed E-state index contributed by atoms with van der Waals surface area (Å²) >= 11 is 0. The van der Waals surface area contributed by atoms with Crippen LogP contribution in [0.4, 0.5) is 11.4 Å². The quantitative estimate of drug-likeness (QED) is 0.751. The second-order valence-electron chi connectivity index (χ2n) is 4.13. The lowest BCUT2D eigenvalue weighted by Gasteiger charge is -2.17. The highest BCUT2D eigenvalue weighted by Gasteiger charge is 2.07. The van der Waals surface area contributed by atoms with Crippen molar-refractivity contribution in [3.63, 3.8) is 0 Å². The number of anilines is 2. The van der Waals surface area contributed by atoms with Crippen molar-refractivity contribution in [1.82, 2.24) is 5.32 Å². The van der Waals surface area contributed by atoms with Crippen LogP contribution in [0.1, 0.15) is 0 Å². The molecule has 1 rings (SSSR count). The van der Waals surface area contributed by atoms with E-state index in [2.05, 4.69) is 10.6 Å². The zero-order chi connectivity index (χ0) is 13.4. The molecule has 0 fully saturated rings. The number of ether oxygens (including phenoxy) is 1. The fraction of sp³-hybridized carbons (Fsp3) is 0.462. The van der Waals surface area contributed by atoms with Crippen molar-refractivity contribution < 1.29 is 9.53 Å². The first-order valence-electron chi connectivity index (χ1n) is 5.91. The van der Waals surface area contributed by atoms with Crippen molar-refractivity contribution in [1.29, 1.82) is 0 Å². The number of nitrogens with one attached hydrogen (secondary N) is 2. The van der Waals surface area contributed by atoms with Crippen LogP contribution in [0.25, 0.3) is 0 Å². The number of hydrogen-bond donors (Lipinski definition) is 2. The van der Waals surface area contributed by atoms with E-state index in [4.69, 9.17) is 4.74 Å². The van der Waals surface area contributed by atoms with Crippen LogP contribution in [0.2, 0.25) is 0 Å². The summed E-state index contributed by atoms with van der Waals surface area (Å²) in [5.41, 5.74) is 1.81. The lowest BCUT2D eigenvalue weighted by molar-refractivity contribution is -0.115. The van der Waals surface area contributed by atoms with E-state index >= 15 is 0 Å². The van der Waals surface area contributed by atoms with Crippen molar-refractivity contribution in [2.75, 3.05) is 51.1 Å². The minimum Gasteiger partial charge on any atom is -0.383 e. The molecule has 116 valence electrons. The van der Waals surface area contributed by atoms with Crippen LogP contribution in [0.3, 0.4) is 0 Å². The molecule has 0 aromatic heterocycles. The van der Waals surface area contributed by atoms with E-state index < -0.39 is 0 Å². The third-order valence-corrected chi connectivity index (χ3v) is 2.43. The lowest BCUT2D eigenvalue weighted by atomic mass is 10.2. The first-order chi connectivity index (χ1) is 8.65. The highest BCUT2D eigenvalue weighted by atomic mass is 35.5. The SMILES string of the molecule is COCCNCC(=O)Nc1ccccc1N(C)C.Cl.Cl. The number of carbonyl (C=O) groups excluding carboxylic acids is 1. The van der Waals surface area contributed by atoms with E-state index in [1.165, 1.54) is 0 Å². The Morgan fingerprint density at radius 2 is 1.90 bits per heavy atom. The summed E-state index contributed by atoms with van der Waals surface area (Å²) in [5, 5.41) is 5.89. The number of methoxy groups -OCH3 is 1. The Labute approximate surface area is 132 Å². The minimum atomic E-state index is -0.0552. The number of nitrogens with zero attached hydrogens (tertiary/aromatic N) is 1. The molecule has 0 saturated carbocycles. The first-order valence-corrected chi connectivity index (χ1v) is 5.91. The van der Waals surface area contributed by atoms with Gasteiger partial charge in [-0.2, -0.15) is 0 Å². The van der Waals surface area contributed by atoms with E-state index in [1.807, 2.05) is 43.3 Å². The van der Waals surface area contributed by atoms with Gasteiger partial charge in [0, 0.05) is 27.7 Å². The van der Waals surface area contributed by atoms with Crippen molar-refractivity contribution >= 4 is 42.1 Å². The molecule has 0 aliphatic carbocycles. The molecule has 0 unspecified atom stereocenters. The van der Waals surface area contributed by atoms with E-state index in [9.17, 15) is 4.79 Å². The monoisotopic (exact) mass is 323 g/mol. The Morgan fingerprint density at radius 1 is 1.25 bits per heavy atom. The Bertz CT molecular complexity index is 390. The van der Waals surface area contributed by atoms with Crippen LogP contribution >= 0.6 is 24.8 Å². The molecular formula is C13H23Cl2N3O2. The van der Waals surface area contributed by atoms with Crippen molar-refractivity contribution in [2.24, 2.45) is 0 Å². The van der Waals surface area contributed by atoms with Gasteiger partial charge in [-0.25, -0.2) is 0 Å². The molecular weight excluding hydrogens is 301 g/mol. The minimum absolute atomic E-state index is 0. The normalized spacial score (nSPS) is 9.15. The van der Waals surface area contributed by atoms with Crippen molar-refractivity contribution in [3.8, 4) is 0 Å². The Kier molecular flexibility index (Phi) is 12.5. The molecule has 1 amide bonds. The van der Waals surface area contributed by atoms with Gasteiger partial charge in [-0.05, 0) is 12.1 Å². The van der Waals surface area contributed by atoms with E-state index in [0.717, 1.165) is 11.4 Å². The maximum atomic E-state index is 11.7. The standard InChI is InChI=1S/C13H21N3O2.2ClH/c1-16(2)12-7-5-4-6-11(12)15-13(17)10-14-8-9-18-3;;/h4-7,14H,8-10H2,1-3H3,(H,15,17);2*1H. The second kappa shape index (κ2) is 11.8. The lowest BCUT2D eigenvalue weighted by Crippen LogP contribution is -2.30. The number of rotatable bonds is 7. The predicted molar refractivity (Wildman–Crippen MR) is 88.6 cm³/mol. The average Bonchev–Trinajstić information content (AvgIpc) is 2.35. The van der Waals surface area contributed by atoms with Gasteiger partial charge in [-0.15, -0.1) is 24.8 Å². The number of para-hydroxylation sites is 2. The Balaban J connectivity index is 0. The molecule has 5 nitrogen and oxygen atoms in total. The van der Waals surface area contributed by atoms with Gasteiger partial charge in [0.05, 0.1) is 24.5 Å². The molecule has 0 aliphatic rings. The van der Waals surface area contributed by atoms with Gasteiger partial charge in [0.1, 0.15) is 0 Å². The van der Waals surface area contributed by atoms with Crippen LogP contribution in [-0.2, 0) is 9.53 Å². The molecule has 2 N–H and O–H groups in total. The van der Waals surface area contributed by atoms with Gasteiger partial charge in [0.25, 0.3) is 0 Å². The van der Waals surface area contributed by atoms with Gasteiger partial charge in [0.2, 0.25) is 5.91 Å². The smallest absolute Gasteiger partial charge is 0.238 e. The molecule has 0 atom stereocenters. The van der Waals surface area contributed by atoms with Crippen LogP contribution < -0.4 is 15.5 Å². The highest BCUT2D eigenvalue weighted by Crippen LogP contribution is 2.22. The second-order valence-corrected chi connectivity index (χ2v) is 4.13. The molecule has 0 heterocycles. The molecule has 0 bridgehead atoms. The Hall–Kier alpha value is -1.01. The van der Waals surface area contributed by atoms with Gasteiger partial charge in [0.15, 0.2) is 0 Å². The number of hydrogen-bond acceptors (Lipinski definition) is 4. The molecule has 0 spiro atoms. The van der Waals surface area contributed by atoms with Crippen LogP contribution in [-0.4, -0.2) is 46.8 Å². The molecule has 0 radical (unpaired) electrons. The van der Waals surface area contributed by atoms with E-state index in [0.29, 0.717) is 13.2 Å². The average molecular weight is 324 g/mol. The van der Waals surface area contributed by atoms with Gasteiger partial charge < -0.3 is 20.3 Å². The van der Waals surface area contributed by atoms with Gasteiger partial charge in [-0.1, -0.05) is 12.1 Å². The first kappa shape index (κ1) is 21.3. The zero-order valence-electron chi connectivity index (χ0n) is 12.0. The van der Waals surface area contributed by atoms with E-state index in [1.54, 1.807) is 7.11 Å². The third-order valence-electron chi connectivity index (χ3n) is 2.43. The maximum absolute atomic E-state index is 11.7. The van der Waals surface area contributed by atoms with Gasteiger partial charge >= 0.3 is 0 Å². The van der Waals surface area contributed by atoms with E-state index in [-0.39, 0.29) is 37.3 Å². The summed E-state index contributed by atoms with van der Waals surface area (Å²) in [4.78, 5) is 13.7. The molecule has 0 saturated heterocycles. The molecule has 7 heteroatoms. The Morgan fingerprint density at radius 3 is 2.50 bits per heavy atom. The maximum Gasteiger partial charge on any atom is 0.238 e. The van der Waals surface area contributed by atoms with Gasteiger partial charge in [-0.3, -0.25) is 4.79 Å². The van der Waals surface area contributed by atoms with Crippen LogP contribution in [0.5, 0.6) is 0 Å². The number of amides is 1. The summed E-state index contributed by atoms with van der Waals surface area (Å²) in [7, 11) is 5.53. The number of benzene rings is 1. The van der Waals surface area contributed by atoms with Crippen molar-refractivity contribution in [2.45, 2.75) is 0 Å². The fourth-order valence-electron chi connectivity index (χ4n) is 1.54. The third kappa shape index (κ3) is 7.55. The summed E-state index contributed by atoms with van der Waals surface area (Å²) < 4.78 is 4.89. The highest BCUT2D eigenvalue weighted by molar-refractivity contribution is 5.95. The number of halogens is 2. The number of carbonyl (C=O) groups is 1. The predicted octanol–water partition coefficient (Wildman–Crippen LogP) is 1.77. The largest absolute Gasteiger partial charge is 0.383 e. The zero-order valence-corrected chi connectivity index (χ0v) is 13.6. The summed E-state index contributed by atoms with van der Waals surface area (Å²) in [5.74, 6) is -0.0552. The molecule has 0 aliphatic heterocycles. The molecule has 1 aromatic rings. The fourth-order valence-corrected chi connectivity index (χ4v) is 1.54. The summed E-state index contributed by atoms with van der Waals surface area (Å²) in [6.45, 7) is 1.55. The van der Waals surface area contributed by atoms with Crippen LogP contribution in [0.15, 0.2) is 24.3 Å². The summed E-state index contributed by atoms with van der Waals surface area (Å²) in [6, 6.07) is 7.71. The summed E-state index contributed by atoms with van der Waals surface area (Å²) in [6.07, 6.45) is 0.